The highest BCUT2D eigenvalue weighted by atomic mass is 31.3. The SMILES string of the molecule is Cc1cn([C@H]2CC(OF)[C@@H](COP(=O)(O)OP(=O)(O)OP(=O)(O)O)O2)c(=O)[nH]c1=O. The minimum Gasteiger partial charge on any atom is -0.349 e. The highest BCUT2D eigenvalue weighted by Gasteiger charge is 2.44. The summed E-state index contributed by atoms with van der Waals surface area (Å²) >= 11 is 0. The third-order valence-corrected chi connectivity index (χ3v) is 7.37. The van der Waals surface area contributed by atoms with E-state index in [1.165, 1.54) is 6.92 Å². The number of aromatic nitrogens is 2. The normalized spacial score (nSPS) is 26.3. The molecule has 0 amide bonds. The van der Waals surface area contributed by atoms with Gasteiger partial charge in [-0.3, -0.25) is 18.9 Å². The second kappa shape index (κ2) is 9.20. The van der Waals surface area contributed by atoms with Crippen LogP contribution in [0, 0.1) is 6.92 Å². The summed E-state index contributed by atoms with van der Waals surface area (Å²) in [5.41, 5.74) is -1.41. The maximum atomic E-state index is 12.8. The number of aryl methyl sites for hydroxylation is 1. The van der Waals surface area contributed by atoms with Gasteiger partial charge in [-0.05, 0) is 11.4 Å². The molecule has 0 bridgehead atoms. The zero-order valence-electron chi connectivity index (χ0n) is 14.8. The average molecular weight is 500 g/mol. The fourth-order valence-electron chi connectivity index (χ4n) is 2.39. The molecule has 2 rings (SSSR count). The number of hydrogen-bond acceptors (Lipinski definition) is 10. The van der Waals surface area contributed by atoms with Gasteiger partial charge in [0.25, 0.3) is 5.56 Å². The smallest absolute Gasteiger partial charge is 0.349 e. The molecular formula is C10H16FN2O14P3. The van der Waals surface area contributed by atoms with Crippen LogP contribution in [0.1, 0.15) is 18.2 Å². The molecule has 0 aliphatic carbocycles. The van der Waals surface area contributed by atoms with Gasteiger partial charge in [-0.15, -0.1) is 0 Å². The first-order valence-electron chi connectivity index (χ1n) is 7.66. The predicted molar refractivity (Wildman–Crippen MR) is 90.4 cm³/mol. The maximum Gasteiger partial charge on any atom is 0.490 e. The van der Waals surface area contributed by atoms with Gasteiger partial charge in [0, 0.05) is 18.2 Å². The number of rotatable bonds is 9. The first-order chi connectivity index (χ1) is 13.6. The fourth-order valence-corrected chi connectivity index (χ4v) is 5.42. The van der Waals surface area contributed by atoms with Gasteiger partial charge in [0.1, 0.15) is 18.4 Å². The van der Waals surface area contributed by atoms with Crippen molar-refractivity contribution in [3.8, 4) is 0 Å². The molecule has 0 saturated carbocycles. The van der Waals surface area contributed by atoms with E-state index < -0.39 is 59.8 Å². The molecule has 0 spiro atoms. The number of hydrogen-bond donors (Lipinski definition) is 5. The van der Waals surface area contributed by atoms with Crippen molar-refractivity contribution >= 4 is 23.5 Å². The van der Waals surface area contributed by atoms with Crippen molar-refractivity contribution in [2.75, 3.05) is 6.61 Å². The second-order valence-corrected chi connectivity index (χ2v) is 10.3. The predicted octanol–water partition coefficient (Wildman–Crippen LogP) is -0.254. The standard InChI is InChI=1S/C10H16FN2O14P3/c1-5-3-13(10(15)12-9(5)14)8-2-6(25-11)7(24-8)4-23-29(19,20)27-30(21,22)26-28(16,17)18/h3,6-8H,2,4H2,1H3,(H,19,20)(H,21,22)(H,12,14,15)(H2,16,17,18)/t6?,7-,8-/m1/s1. The van der Waals surface area contributed by atoms with E-state index >= 15 is 0 Å². The third-order valence-electron chi connectivity index (χ3n) is 3.57. The van der Waals surface area contributed by atoms with Crippen molar-refractivity contribution in [2.45, 2.75) is 31.8 Å². The van der Waals surface area contributed by atoms with E-state index in [9.17, 15) is 32.7 Å². The molecule has 16 nitrogen and oxygen atoms in total. The minimum absolute atomic E-state index is 0.132. The van der Waals surface area contributed by atoms with Crippen LogP contribution in [-0.2, 0) is 36.5 Å². The summed E-state index contributed by atoms with van der Waals surface area (Å²) in [6.45, 7) is 0.408. The van der Waals surface area contributed by atoms with Gasteiger partial charge in [0.05, 0.1) is 6.61 Å². The number of H-pyrrole nitrogens is 1. The highest BCUT2D eigenvalue weighted by molar-refractivity contribution is 7.66. The lowest BCUT2D eigenvalue weighted by Gasteiger charge is -2.19. The van der Waals surface area contributed by atoms with Gasteiger partial charge in [-0.2, -0.15) is 13.6 Å². The Morgan fingerprint density at radius 1 is 1.20 bits per heavy atom. The summed E-state index contributed by atoms with van der Waals surface area (Å²) < 4.78 is 64.0. The molecular weight excluding hydrogens is 484 g/mol. The van der Waals surface area contributed by atoms with Crippen LogP contribution in [0.25, 0.3) is 0 Å². The number of nitrogens with one attached hydrogen (secondary N) is 1. The van der Waals surface area contributed by atoms with Gasteiger partial charge >= 0.3 is 29.2 Å². The van der Waals surface area contributed by atoms with Crippen molar-refractivity contribution in [3.05, 3.63) is 32.6 Å². The molecule has 2 heterocycles. The first kappa shape index (κ1) is 25.2. The molecule has 0 aromatic carbocycles. The molecule has 1 aliphatic rings. The zero-order chi connectivity index (χ0) is 22.9. The molecule has 3 unspecified atom stereocenters. The Hall–Kier alpha value is -1.06. The molecule has 5 atom stereocenters. The monoisotopic (exact) mass is 500 g/mol. The van der Waals surface area contributed by atoms with Crippen molar-refractivity contribution in [2.24, 2.45) is 0 Å². The minimum atomic E-state index is -5.72. The van der Waals surface area contributed by atoms with E-state index in [2.05, 4.69) is 18.1 Å². The summed E-state index contributed by atoms with van der Waals surface area (Å²) in [7, 11) is -16.7. The molecule has 20 heteroatoms. The summed E-state index contributed by atoms with van der Waals surface area (Å²) in [6, 6.07) is 0. The van der Waals surface area contributed by atoms with Crippen LogP contribution in [0.5, 0.6) is 0 Å². The molecule has 5 N–H and O–H groups in total. The summed E-state index contributed by atoms with van der Waals surface area (Å²) in [5.74, 6) is 0. The molecule has 0 radical (unpaired) electrons. The molecule has 1 fully saturated rings. The Balaban J connectivity index is 2.08. The molecule has 1 aromatic rings. The Morgan fingerprint density at radius 3 is 2.40 bits per heavy atom. The van der Waals surface area contributed by atoms with Gasteiger partial charge in [-0.1, -0.05) is 0 Å². The molecule has 1 aromatic heterocycles. The van der Waals surface area contributed by atoms with E-state index in [1.54, 1.807) is 0 Å². The van der Waals surface area contributed by atoms with Crippen LogP contribution in [0.2, 0.25) is 0 Å². The van der Waals surface area contributed by atoms with Crippen LogP contribution in [-0.4, -0.2) is 47.9 Å². The molecule has 1 aliphatic heterocycles. The maximum absolute atomic E-state index is 12.8. The van der Waals surface area contributed by atoms with Gasteiger partial charge in [-0.25, -0.2) is 18.5 Å². The van der Waals surface area contributed by atoms with E-state index in [0.717, 1.165) is 10.8 Å². The third kappa shape index (κ3) is 6.99. The Labute approximate surface area is 165 Å². The highest BCUT2D eigenvalue weighted by Crippen LogP contribution is 2.66. The van der Waals surface area contributed by atoms with Gasteiger partial charge in [0.2, 0.25) is 0 Å². The summed E-state index contributed by atoms with van der Waals surface area (Å²) in [6.07, 6.45) is -3.22. The summed E-state index contributed by atoms with van der Waals surface area (Å²) in [5, 5.41) is 0. The average Bonchev–Trinajstić information content (AvgIpc) is 2.96. The van der Waals surface area contributed by atoms with Crippen molar-refractivity contribution < 1.29 is 60.6 Å². The summed E-state index contributed by atoms with van der Waals surface area (Å²) in [4.78, 5) is 64.4. The van der Waals surface area contributed by atoms with Crippen LogP contribution >= 0.6 is 23.5 Å². The number of nitrogens with zero attached hydrogens (tertiary/aromatic N) is 1. The quantitative estimate of drug-likeness (QED) is 0.275. The second-order valence-electron chi connectivity index (χ2n) is 5.86. The van der Waals surface area contributed by atoms with Crippen LogP contribution < -0.4 is 11.2 Å². The number of phosphoric ester groups is 1. The van der Waals surface area contributed by atoms with Crippen molar-refractivity contribution in [3.63, 3.8) is 0 Å². The van der Waals surface area contributed by atoms with E-state index in [-0.39, 0.29) is 12.0 Å². The first-order valence-corrected chi connectivity index (χ1v) is 12.2. The van der Waals surface area contributed by atoms with E-state index in [4.69, 9.17) is 19.4 Å². The lowest BCUT2D eigenvalue weighted by atomic mass is 10.2. The Morgan fingerprint density at radius 2 is 1.83 bits per heavy atom. The topological polar surface area (TPSA) is 233 Å². The molecule has 1 saturated heterocycles. The van der Waals surface area contributed by atoms with E-state index in [1.807, 2.05) is 4.98 Å². The Bertz CT molecular complexity index is 1030. The number of aromatic amines is 1. The number of halogens is 1. The fraction of sp³-hybridized carbons (Fsp3) is 0.600. The molecule has 172 valence electrons. The van der Waals surface area contributed by atoms with Crippen LogP contribution in [0.3, 0.4) is 0 Å². The van der Waals surface area contributed by atoms with Crippen LogP contribution in [0.15, 0.2) is 15.8 Å². The molecule has 30 heavy (non-hydrogen) atoms. The zero-order valence-corrected chi connectivity index (χ0v) is 17.4. The lowest BCUT2D eigenvalue weighted by molar-refractivity contribution is -0.196. The van der Waals surface area contributed by atoms with Crippen LogP contribution in [0.4, 0.5) is 4.53 Å². The van der Waals surface area contributed by atoms with Gasteiger partial charge < -0.3 is 24.3 Å². The van der Waals surface area contributed by atoms with Crippen molar-refractivity contribution in [1.29, 1.82) is 0 Å². The lowest BCUT2D eigenvalue weighted by Crippen LogP contribution is -2.33. The van der Waals surface area contributed by atoms with Gasteiger partial charge in [0.15, 0.2) is 0 Å². The van der Waals surface area contributed by atoms with E-state index in [0.29, 0.717) is 0 Å². The number of phosphoric acid groups is 3. The Kier molecular flexibility index (Phi) is 7.73. The largest absolute Gasteiger partial charge is 0.490 e. The number of ether oxygens (including phenoxy) is 1. The van der Waals surface area contributed by atoms with Crippen molar-refractivity contribution in [1.82, 2.24) is 9.55 Å².